The van der Waals surface area contributed by atoms with Gasteiger partial charge in [-0.2, -0.15) is 0 Å². The number of anilines is 1. The number of hydrogen-bond donors (Lipinski definition) is 1. The van der Waals surface area contributed by atoms with Crippen LogP contribution in [0.4, 0.5) is 5.69 Å². The van der Waals surface area contributed by atoms with Crippen molar-refractivity contribution in [1.82, 2.24) is 0 Å². The average Bonchev–Trinajstić information content (AvgIpc) is 2.76. The molecule has 19 heavy (non-hydrogen) atoms. The first-order chi connectivity index (χ1) is 9.19. The van der Waals surface area contributed by atoms with Gasteiger partial charge in [0, 0.05) is 28.8 Å². The number of benzene rings is 2. The first-order valence-corrected chi connectivity index (χ1v) is 6.95. The fourth-order valence-corrected chi connectivity index (χ4v) is 3.03. The molecular formula is C15H14Cl2N2. The van der Waals surface area contributed by atoms with Crippen molar-refractivity contribution in [3.63, 3.8) is 0 Å². The Bertz CT molecular complexity index is 613. The Morgan fingerprint density at radius 3 is 2.63 bits per heavy atom. The molecule has 1 heterocycles. The van der Waals surface area contributed by atoms with Crippen LogP contribution in [0.1, 0.15) is 17.2 Å². The van der Waals surface area contributed by atoms with Crippen LogP contribution >= 0.6 is 23.2 Å². The Morgan fingerprint density at radius 1 is 1.11 bits per heavy atom. The third kappa shape index (κ3) is 2.32. The zero-order chi connectivity index (χ0) is 13.4. The molecule has 3 rings (SSSR count). The normalized spacial score (nSPS) is 17.6. The molecule has 0 aromatic heterocycles. The third-order valence-electron chi connectivity index (χ3n) is 3.55. The molecule has 1 unspecified atom stereocenters. The second kappa shape index (κ2) is 5.04. The van der Waals surface area contributed by atoms with Crippen LogP contribution in [0, 0.1) is 0 Å². The number of halogens is 2. The molecule has 1 aliphatic heterocycles. The lowest BCUT2D eigenvalue weighted by atomic mass is 10.1. The van der Waals surface area contributed by atoms with Gasteiger partial charge in [-0.1, -0.05) is 35.3 Å². The number of nitrogens with zero attached hydrogens (tertiary/aromatic N) is 1. The predicted molar refractivity (Wildman–Crippen MR) is 80.9 cm³/mol. The summed E-state index contributed by atoms with van der Waals surface area (Å²) in [6.45, 7) is 1.40. The second-order valence-electron chi connectivity index (χ2n) is 4.70. The summed E-state index contributed by atoms with van der Waals surface area (Å²) >= 11 is 12.2. The van der Waals surface area contributed by atoms with E-state index >= 15 is 0 Å². The maximum absolute atomic E-state index is 6.08. The van der Waals surface area contributed by atoms with Crippen LogP contribution in [0.25, 0.3) is 0 Å². The van der Waals surface area contributed by atoms with Gasteiger partial charge < -0.3 is 10.6 Å². The van der Waals surface area contributed by atoms with E-state index in [1.165, 1.54) is 11.1 Å². The summed E-state index contributed by atoms with van der Waals surface area (Å²) in [5.74, 6) is 0. The smallest absolute Gasteiger partial charge is 0.0672 e. The molecule has 0 radical (unpaired) electrons. The summed E-state index contributed by atoms with van der Waals surface area (Å²) in [5.41, 5.74) is 9.53. The van der Waals surface area contributed by atoms with E-state index in [0.29, 0.717) is 6.54 Å². The summed E-state index contributed by atoms with van der Waals surface area (Å²) < 4.78 is 0. The molecular weight excluding hydrogens is 279 g/mol. The molecule has 1 atom stereocenters. The zero-order valence-electron chi connectivity index (χ0n) is 10.3. The van der Waals surface area contributed by atoms with Gasteiger partial charge in [-0.05, 0) is 41.5 Å². The highest BCUT2D eigenvalue weighted by Gasteiger charge is 2.29. The van der Waals surface area contributed by atoms with Crippen LogP contribution in [-0.4, -0.2) is 6.54 Å². The van der Waals surface area contributed by atoms with Gasteiger partial charge in [-0.3, -0.25) is 0 Å². The lowest BCUT2D eigenvalue weighted by Gasteiger charge is -2.26. The van der Waals surface area contributed by atoms with Gasteiger partial charge in [-0.15, -0.1) is 0 Å². The molecule has 4 heteroatoms. The van der Waals surface area contributed by atoms with E-state index in [1.54, 1.807) is 0 Å². The van der Waals surface area contributed by atoms with E-state index < -0.39 is 0 Å². The van der Waals surface area contributed by atoms with Crippen molar-refractivity contribution in [2.24, 2.45) is 5.73 Å². The van der Waals surface area contributed by atoms with Gasteiger partial charge in [-0.25, -0.2) is 0 Å². The minimum absolute atomic E-state index is 0.159. The third-order valence-corrected chi connectivity index (χ3v) is 4.02. The number of hydrogen-bond acceptors (Lipinski definition) is 2. The molecule has 1 aliphatic rings. The van der Waals surface area contributed by atoms with Crippen molar-refractivity contribution < 1.29 is 0 Å². The van der Waals surface area contributed by atoms with E-state index in [1.807, 2.05) is 30.3 Å². The van der Waals surface area contributed by atoms with E-state index in [2.05, 4.69) is 17.0 Å². The summed E-state index contributed by atoms with van der Waals surface area (Å²) in [7, 11) is 0. The molecule has 2 aromatic rings. The Morgan fingerprint density at radius 2 is 1.89 bits per heavy atom. The molecule has 0 saturated carbocycles. The Labute approximate surface area is 122 Å². The fraction of sp³-hybridized carbons (Fsp3) is 0.200. The molecule has 0 saturated heterocycles. The SMILES string of the molecule is NCC1c2cc(Cl)ccc2CN1c1cccc(Cl)c1. The summed E-state index contributed by atoms with van der Waals surface area (Å²) in [6, 6.07) is 14.0. The lowest BCUT2D eigenvalue weighted by molar-refractivity contribution is 0.679. The first-order valence-electron chi connectivity index (χ1n) is 6.19. The zero-order valence-corrected chi connectivity index (χ0v) is 11.8. The number of fused-ring (bicyclic) bond motifs is 1. The topological polar surface area (TPSA) is 29.3 Å². The van der Waals surface area contributed by atoms with Crippen LogP contribution in [0.2, 0.25) is 10.0 Å². The Balaban J connectivity index is 2.02. The van der Waals surface area contributed by atoms with Crippen molar-refractivity contribution in [3.8, 4) is 0 Å². The predicted octanol–water partition coefficient (Wildman–Crippen LogP) is 4.01. The molecule has 2 aromatic carbocycles. The maximum Gasteiger partial charge on any atom is 0.0672 e. The molecule has 0 amide bonds. The highest BCUT2D eigenvalue weighted by molar-refractivity contribution is 6.31. The monoisotopic (exact) mass is 292 g/mol. The molecule has 2 nitrogen and oxygen atoms in total. The number of rotatable bonds is 2. The van der Waals surface area contributed by atoms with Gasteiger partial charge >= 0.3 is 0 Å². The van der Waals surface area contributed by atoms with E-state index in [-0.39, 0.29) is 6.04 Å². The van der Waals surface area contributed by atoms with Gasteiger partial charge in [0.05, 0.1) is 6.04 Å². The number of nitrogens with two attached hydrogens (primary N) is 1. The molecule has 2 N–H and O–H groups in total. The van der Waals surface area contributed by atoms with Gasteiger partial charge in [0.15, 0.2) is 0 Å². The van der Waals surface area contributed by atoms with Crippen molar-refractivity contribution >= 4 is 28.9 Å². The van der Waals surface area contributed by atoms with Gasteiger partial charge in [0.25, 0.3) is 0 Å². The van der Waals surface area contributed by atoms with Gasteiger partial charge in [0.2, 0.25) is 0 Å². The van der Waals surface area contributed by atoms with Gasteiger partial charge in [0.1, 0.15) is 0 Å². The Hall–Kier alpha value is -1.22. The fourth-order valence-electron chi connectivity index (χ4n) is 2.66. The van der Waals surface area contributed by atoms with E-state index in [9.17, 15) is 0 Å². The minimum Gasteiger partial charge on any atom is -0.359 e. The standard InChI is InChI=1S/C15H14Cl2N2/c16-11-2-1-3-13(6-11)19-9-10-4-5-12(17)7-14(10)15(19)8-18/h1-7,15H,8-9,18H2. The minimum atomic E-state index is 0.159. The van der Waals surface area contributed by atoms with Crippen LogP contribution in [0.5, 0.6) is 0 Å². The summed E-state index contributed by atoms with van der Waals surface area (Å²) in [6.07, 6.45) is 0. The lowest BCUT2D eigenvalue weighted by Crippen LogP contribution is -2.27. The van der Waals surface area contributed by atoms with E-state index in [0.717, 1.165) is 22.3 Å². The molecule has 0 fully saturated rings. The molecule has 0 bridgehead atoms. The molecule has 98 valence electrons. The average molecular weight is 293 g/mol. The van der Waals surface area contributed by atoms with E-state index in [4.69, 9.17) is 28.9 Å². The van der Waals surface area contributed by atoms with Crippen LogP contribution in [0.15, 0.2) is 42.5 Å². The van der Waals surface area contributed by atoms with Crippen molar-refractivity contribution in [1.29, 1.82) is 0 Å². The second-order valence-corrected chi connectivity index (χ2v) is 5.58. The summed E-state index contributed by atoms with van der Waals surface area (Å²) in [4.78, 5) is 2.27. The van der Waals surface area contributed by atoms with Crippen LogP contribution in [0.3, 0.4) is 0 Å². The molecule has 0 spiro atoms. The summed E-state index contributed by atoms with van der Waals surface area (Å²) in [5, 5.41) is 1.49. The largest absolute Gasteiger partial charge is 0.359 e. The Kier molecular flexibility index (Phi) is 3.40. The molecule has 0 aliphatic carbocycles. The quantitative estimate of drug-likeness (QED) is 0.906. The van der Waals surface area contributed by atoms with Crippen molar-refractivity contribution in [2.75, 3.05) is 11.4 Å². The van der Waals surface area contributed by atoms with Crippen LogP contribution in [-0.2, 0) is 6.54 Å². The van der Waals surface area contributed by atoms with Crippen LogP contribution < -0.4 is 10.6 Å². The highest BCUT2D eigenvalue weighted by atomic mass is 35.5. The highest BCUT2D eigenvalue weighted by Crippen LogP contribution is 2.38. The van der Waals surface area contributed by atoms with Crippen molar-refractivity contribution in [3.05, 3.63) is 63.6 Å². The maximum atomic E-state index is 6.08. The first kappa shape index (κ1) is 12.8. The van der Waals surface area contributed by atoms with Crippen molar-refractivity contribution in [2.45, 2.75) is 12.6 Å².